The standard InChI is InChI=1S/C19H22Cl3N3O3/c1-11-23-16(22)13(6-5-9-26)17(24-11)25(18(27)28-19(2,3)4)15-8-7-12(20)10-14(15)21/h7-8,10,26H,5-6,9H2,1-4H3. The third-order valence-corrected chi connectivity index (χ3v) is 4.42. The molecule has 1 N–H and O–H groups in total. The minimum absolute atomic E-state index is 0.0439. The molecule has 1 aromatic carbocycles. The van der Waals surface area contributed by atoms with Crippen molar-refractivity contribution in [2.24, 2.45) is 0 Å². The van der Waals surface area contributed by atoms with E-state index in [2.05, 4.69) is 9.97 Å². The van der Waals surface area contributed by atoms with Crippen LogP contribution in [-0.2, 0) is 11.2 Å². The summed E-state index contributed by atoms with van der Waals surface area (Å²) in [5.74, 6) is 0.635. The molecular formula is C19H22Cl3N3O3. The molecule has 0 aliphatic rings. The molecule has 0 spiro atoms. The molecule has 1 amide bonds. The van der Waals surface area contributed by atoms with Gasteiger partial charge < -0.3 is 9.84 Å². The molecule has 0 atom stereocenters. The van der Waals surface area contributed by atoms with Gasteiger partial charge in [-0.3, -0.25) is 0 Å². The van der Waals surface area contributed by atoms with Gasteiger partial charge in [-0.25, -0.2) is 19.7 Å². The number of ether oxygens (including phenoxy) is 1. The summed E-state index contributed by atoms with van der Waals surface area (Å²) in [5.41, 5.74) is 0.115. The summed E-state index contributed by atoms with van der Waals surface area (Å²) in [6.45, 7) is 6.91. The van der Waals surface area contributed by atoms with Crippen LogP contribution in [0.3, 0.4) is 0 Å². The Morgan fingerprint density at radius 2 is 1.89 bits per heavy atom. The number of hydrogen-bond acceptors (Lipinski definition) is 5. The first-order valence-corrected chi connectivity index (χ1v) is 9.79. The van der Waals surface area contributed by atoms with E-state index in [0.29, 0.717) is 34.9 Å². The number of amides is 1. The molecule has 1 heterocycles. The zero-order chi connectivity index (χ0) is 21.1. The second-order valence-corrected chi connectivity index (χ2v) is 8.30. The van der Waals surface area contributed by atoms with Crippen molar-refractivity contribution in [3.8, 4) is 0 Å². The molecule has 0 aliphatic heterocycles. The lowest BCUT2D eigenvalue weighted by Gasteiger charge is -2.29. The van der Waals surface area contributed by atoms with Crippen molar-refractivity contribution in [1.82, 2.24) is 9.97 Å². The third kappa shape index (κ3) is 5.70. The van der Waals surface area contributed by atoms with Gasteiger partial charge in [0.15, 0.2) is 5.82 Å². The number of carbonyl (C=O) groups excluding carboxylic acids is 1. The lowest BCUT2D eigenvalue weighted by Crippen LogP contribution is -2.35. The van der Waals surface area contributed by atoms with Gasteiger partial charge in [-0.2, -0.15) is 0 Å². The molecule has 0 saturated carbocycles. The van der Waals surface area contributed by atoms with Crippen molar-refractivity contribution in [2.45, 2.75) is 46.1 Å². The van der Waals surface area contributed by atoms with Crippen molar-refractivity contribution in [2.75, 3.05) is 11.5 Å². The van der Waals surface area contributed by atoms with Gasteiger partial charge in [-0.15, -0.1) is 0 Å². The normalized spacial score (nSPS) is 11.4. The first kappa shape index (κ1) is 22.7. The zero-order valence-corrected chi connectivity index (χ0v) is 18.4. The Bertz CT molecular complexity index is 869. The van der Waals surface area contributed by atoms with E-state index in [1.165, 1.54) is 11.0 Å². The lowest BCUT2D eigenvalue weighted by atomic mass is 10.1. The Morgan fingerprint density at radius 3 is 2.46 bits per heavy atom. The number of aliphatic hydroxyl groups is 1. The van der Waals surface area contributed by atoms with Crippen LogP contribution in [0.15, 0.2) is 18.2 Å². The minimum Gasteiger partial charge on any atom is -0.443 e. The fourth-order valence-electron chi connectivity index (χ4n) is 2.47. The highest BCUT2D eigenvalue weighted by Gasteiger charge is 2.30. The summed E-state index contributed by atoms with van der Waals surface area (Å²) in [7, 11) is 0. The van der Waals surface area contributed by atoms with Crippen molar-refractivity contribution < 1.29 is 14.6 Å². The van der Waals surface area contributed by atoms with Crippen LogP contribution in [0.1, 0.15) is 38.6 Å². The number of anilines is 2. The maximum atomic E-state index is 13.1. The third-order valence-electron chi connectivity index (χ3n) is 3.57. The summed E-state index contributed by atoms with van der Waals surface area (Å²) in [5, 5.41) is 10.1. The molecule has 0 bridgehead atoms. The maximum absolute atomic E-state index is 13.1. The molecule has 0 radical (unpaired) electrons. The van der Waals surface area contributed by atoms with Crippen LogP contribution in [0.25, 0.3) is 0 Å². The van der Waals surface area contributed by atoms with Crippen molar-refractivity contribution in [3.05, 3.63) is 44.8 Å². The molecular weight excluding hydrogens is 425 g/mol. The van der Waals surface area contributed by atoms with Crippen LogP contribution in [0.5, 0.6) is 0 Å². The highest BCUT2D eigenvalue weighted by Crippen LogP contribution is 2.37. The van der Waals surface area contributed by atoms with Crippen molar-refractivity contribution in [1.29, 1.82) is 0 Å². The highest BCUT2D eigenvalue weighted by molar-refractivity contribution is 6.37. The highest BCUT2D eigenvalue weighted by atomic mass is 35.5. The quantitative estimate of drug-likeness (QED) is 0.592. The Kier molecular flexibility index (Phi) is 7.51. The molecule has 28 heavy (non-hydrogen) atoms. The van der Waals surface area contributed by atoms with Gasteiger partial charge in [-0.05, 0) is 58.7 Å². The van der Waals surface area contributed by atoms with Crippen LogP contribution >= 0.6 is 34.8 Å². The second-order valence-electron chi connectivity index (χ2n) is 7.10. The summed E-state index contributed by atoms with van der Waals surface area (Å²) >= 11 is 18.7. The van der Waals surface area contributed by atoms with E-state index in [9.17, 15) is 9.90 Å². The summed E-state index contributed by atoms with van der Waals surface area (Å²) in [6.07, 6.45) is 0.126. The Morgan fingerprint density at radius 1 is 1.21 bits per heavy atom. The average Bonchev–Trinajstić information content (AvgIpc) is 2.54. The molecule has 0 saturated heterocycles. The molecule has 0 unspecified atom stereocenters. The number of halogens is 3. The monoisotopic (exact) mass is 445 g/mol. The van der Waals surface area contributed by atoms with Gasteiger partial charge in [0.1, 0.15) is 16.6 Å². The molecule has 9 heteroatoms. The molecule has 2 rings (SSSR count). The number of aliphatic hydroxyl groups excluding tert-OH is 1. The summed E-state index contributed by atoms with van der Waals surface area (Å²) < 4.78 is 5.58. The predicted molar refractivity (Wildman–Crippen MR) is 112 cm³/mol. The van der Waals surface area contributed by atoms with E-state index in [1.807, 2.05) is 0 Å². The van der Waals surface area contributed by atoms with E-state index in [-0.39, 0.29) is 22.6 Å². The molecule has 0 fully saturated rings. The van der Waals surface area contributed by atoms with Crippen LogP contribution in [0, 0.1) is 6.92 Å². The van der Waals surface area contributed by atoms with Gasteiger partial charge in [0.05, 0.1) is 10.7 Å². The first-order valence-electron chi connectivity index (χ1n) is 8.65. The van der Waals surface area contributed by atoms with E-state index in [0.717, 1.165) is 0 Å². The van der Waals surface area contributed by atoms with Crippen molar-refractivity contribution >= 4 is 52.4 Å². The van der Waals surface area contributed by atoms with Gasteiger partial charge in [0.2, 0.25) is 0 Å². The van der Waals surface area contributed by atoms with Gasteiger partial charge >= 0.3 is 6.09 Å². The topological polar surface area (TPSA) is 75.6 Å². The summed E-state index contributed by atoms with van der Waals surface area (Å²) in [6, 6.07) is 4.75. The number of nitrogens with zero attached hydrogens (tertiary/aromatic N) is 3. The molecule has 152 valence electrons. The zero-order valence-electron chi connectivity index (χ0n) is 16.1. The van der Waals surface area contributed by atoms with Crippen LogP contribution < -0.4 is 4.90 Å². The number of aromatic nitrogens is 2. The molecule has 6 nitrogen and oxygen atoms in total. The van der Waals surface area contributed by atoms with E-state index >= 15 is 0 Å². The van der Waals surface area contributed by atoms with Crippen LogP contribution in [-0.4, -0.2) is 33.4 Å². The first-order chi connectivity index (χ1) is 13.0. The predicted octanol–water partition coefficient (Wildman–Crippen LogP) is 5.74. The van der Waals surface area contributed by atoms with E-state index in [4.69, 9.17) is 39.5 Å². The number of benzene rings is 1. The minimum atomic E-state index is -0.745. The maximum Gasteiger partial charge on any atom is 0.420 e. The second kappa shape index (κ2) is 9.27. The fourth-order valence-corrected chi connectivity index (χ4v) is 3.27. The number of rotatable bonds is 5. The molecule has 0 aliphatic carbocycles. The average molecular weight is 447 g/mol. The Labute approximate surface area is 179 Å². The fraction of sp³-hybridized carbons (Fsp3) is 0.421. The van der Waals surface area contributed by atoms with Gasteiger partial charge in [0, 0.05) is 17.2 Å². The van der Waals surface area contributed by atoms with E-state index in [1.54, 1.807) is 39.8 Å². The van der Waals surface area contributed by atoms with Crippen LogP contribution in [0.2, 0.25) is 15.2 Å². The SMILES string of the molecule is Cc1nc(Cl)c(CCCO)c(N(C(=O)OC(C)(C)C)c2ccc(Cl)cc2Cl)n1. The smallest absolute Gasteiger partial charge is 0.420 e. The van der Waals surface area contributed by atoms with Crippen molar-refractivity contribution in [3.63, 3.8) is 0 Å². The number of carbonyl (C=O) groups is 1. The Balaban J connectivity index is 2.70. The Hall–Kier alpha value is -1.60. The molecule has 1 aromatic heterocycles. The number of hydrogen-bond donors (Lipinski definition) is 1. The molecule has 2 aromatic rings. The largest absolute Gasteiger partial charge is 0.443 e. The van der Waals surface area contributed by atoms with Crippen LogP contribution in [0.4, 0.5) is 16.3 Å². The van der Waals surface area contributed by atoms with Gasteiger partial charge in [-0.1, -0.05) is 34.8 Å². The lowest BCUT2D eigenvalue weighted by molar-refractivity contribution is 0.0598. The number of aryl methyl sites for hydroxylation is 1. The summed E-state index contributed by atoms with van der Waals surface area (Å²) in [4.78, 5) is 23.0. The van der Waals surface area contributed by atoms with E-state index < -0.39 is 11.7 Å². The van der Waals surface area contributed by atoms with Gasteiger partial charge in [0.25, 0.3) is 0 Å².